The maximum Gasteiger partial charge on any atom is 0.155 e. The summed E-state index contributed by atoms with van der Waals surface area (Å²) in [5, 5.41) is 12.9. The van der Waals surface area contributed by atoms with E-state index in [1.165, 1.54) is 41.0 Å². The number of allylic oxidation sites excluding steroid dienone is 2. The molecule has 0 spiro atoms. The number of pyridine rings is 1. The fraction of sp³-hybridized carbons (Fsp3) is 0.130. The quantitative estimate of drug-likeness (QED) is 0.177. The van der Waals surface area contributed by atoms with Gasteiger partial charge in [0.1, 0.15) is 0 Å². The molecule has 0 aliphatic carbocycles. The van der Waals surface area contributed by atoms with Gasteiger partial charge in [0.15, 0.2) is 5.78 Å². The predicted octanol–water partition coefficient (Wildman–Crippen LogP) is 6.26. The number of hydrogen-bond acceptors (Lipinski definition) is 4. The van der Waals surface area contributed by atoms with Crippen LogP contribution >= 0.6 is 11.3 Å². The minimum absolute atomic E-state index is 0. The van der Waals surface area contributed by atoms with E-state index in [0.717, 1.165) is 16.8 Å². The molecule has 28 heavy (non-hydrogen) atoms. The van der Waals surface area contributed by atoms with Crippen LogP contribution in [0.1, 0.15) is 19.4 Å². The first-order chi connectivity index (χ1) is 13.0. The summed E-state index contributed by atoms with van der Waals surface area (Å²) in [5.74, 6) is -0.0625. The minimum Gasteiger partial charge on any atom is -0.512 e. The molecule has 145 valence electrons. The first-order valence-corrected chi connectivity index (χ1v) is 9.46. The normalized spacial score (nSPS) is 10.9. The molecular weight excluding hydrogens is 547 g/mol. The molecular formula is C23H20IrNO2S-. The average molecular weight is 567 g/mol. The van der Waals surface area contributed by atoms with Crippen molar-refractivity contribution in [2.45, 2.75) is 20.8 Å². The van der Waals surface area contributed by atoms with Gasteiger partial charge in [-0.05, 0) is 36.4 Å². The first-order valence-electron chi connectivity index (χ1n) is 8.58. The van der Waals surface area contributed by atoms with Gasteiger partial charge < -0.3 is 5.11 Å². The number of aliphatic hydroxyl groups is 1. The standard InChI is InChI=1S/C18H12NS.C5H8O2.Ir/c1-12-5-4-6-13(11-12)17-15-9-10-20-18(15)14-7-2-3-8-16(14)19-17;1-4(6)3-5(2)7;/h2-5,7-11H,1H3;3,6H,1-2H3;/q-1;;/b;4-3-;. The second-order valence-corrected chi connectivity index (χ2v) is 7.23. The Labute approximate surface area is 182 Å². The number of benzene rings is 2. The molecule has 2 heterocycles. The van der Waals surface area contributed by atoms with Crippen molar-refractivity contribution >= 4 is 38.1 Å². The molecule has 0 saturated heterocycles. The Morgan fingerprint density at radius 1 is 1.14 bits per heavy atom. The van der Waals surface area contributed by atoms with Crippen LogP contribution in [0.4, 0.5) is 0 Å². The fourth-order valence-electron chi connectivity index (χ4n) is 2.86. The molecule has 0 fully saturated rings. The van der Waals surface area contributed by atoms with Crippen molar-refractivity contribution < 1.29 is 30.0 Å². The molecule has 3 nitrogen and oxygen atoms in total. The SMILES string of the molecule is CC(=O)/C=C(/C)O.Cc1cc[c-]c(-c2nc3ccccc3c3sccc23)c1.[Ir]. The van der Waals surface area contributed by atoms with Crippen LogP contribution in [0.5, 0.6) is 0 Å². The predicted molar refractivity (Wildman–Crippen MR) is 113 cm³/mol. The van der Waals surface area contributed by atoms with Gasteiger partial charge >= 0.3 is 0 Å². The third-order valence-corrected chi connectivity index (χ3v) is 4.87. The van der Waals surface area contributed by atoms with Gasteiger partial charge in [0.05, 0.1) is 11.3 Å². The Morgan fingerprint density at radius 2 is 1.89 bits per heavy atom. The monoisotopic (exact) mass is 567 g/mol. The Balaban J connectivity index is 0.000000306. The molecule has 2 aromatic carbocycles. The van der Waals surface area contributed by atoms with E-state index in [0.29, 0.717) is 0 Å². The number of carbonyl (C=O) groups is 1. The molecule has 4 rings (SSSR count). The number of fused-ring (bicyclic) bond motifs is 3. The molecule has 0 bridgehead atoms. The number of aliphatic hydroxyl groups excluding tert-OH is 1. The molecule has 1 radical (unpaired) electrons. The van der Waals surface area contributed by atoms with Crippen LogP contribution in [0.25, 0.3) is 32.2 Å². The molecule has 4 aromatic rings. The number of aromatic nitrogens is 1. The van der Waals surface area contributed by atoms with Gasteiger partial charge in [0.2, 0.25) is 0 Å². The molecule has 0 amide bonds. The van der Waals surface area contributed by atoms with E-state index in [2.05, 4.69) is 54.8 Å². The van der Waals surface area contributed by atoms with Gasteiger partial charge in [-0.2, -0.15) is 0 Å². The number of ketones is 1. The van der Waals surface area contributed by atoms with Crippen LogP contribution in [0.2, 0.25) is 0 Å². The molecule has 0 unspecified atom stereocenters. The molecule has 2 aromatic heterocycles. The van der Waals surface area contributed by atoms with Crippen molar-refractivity contribution in [1.29, 1.82) is 0 Å². The van der Waals surface area contributed by atoms with Crippen molar-refractivity contribution in [2.24, 2.45) is 0 Å². The van der Waals surface area contributed by atoms with E-state index in [4.69, 9.17) is 10.1 Å². The summed E-state index contributed by atoms with van der Waals surface area (Å²) in [4.78, 5) is 14.9. The van der Waals surface area contributed by atoms with Crippen LogP contribution in [-0.4, -0.2) is 15.9 Å². The largest absolute Gasteiger partial charge is 0.512 e. The maximum absolute atomic E-state index is 10.0. The summed E-state index contributed by atoms with van der Waals surface area (Å²) in [7, 11) is 0. The van der Waals surface area contributed by atoms with Gasteiger partial charge in [0.25, 0.3) is 0 Å². The third-order valence-electron chi connectivity index (χ3n) is 3.93. The smallest absolute Gasteiger partial charge is 0.155 e. The van der Waals surface area contributed by atoms with Crippen LogP contribution in [0.3, 0.4) is 0 Å². The van der Waals surface area contributed by atoms with Crippen molar-refractivity contribution in [3.8, 4) is 11.3 Å². The zero-order chi connectivity index (χ0) is 19.4. The van der Waals surface area contributed by atoms with Crippen molar-refractivity contribution in [1.82, 2.24) is 4.98 Å². The van der Waals surface area contributed by atoms with Crippen LogP contribution < -0.4 is 0 Å². The van der Waals surface area contributed by atoms with Crippen LogP contribution in [-0.2, 0) is 24.9 Å². The summed E-state index contributed by atoms with van der Waals surface area (Å²) in [6.07, 6.45) is 1.17. The number of carbonyl (C=O) groups excluding carboxylic acids is 1. The number of para-hydroxylation sites is 1. The third kappa shape index (κ3) is 5.14. The van der Waals surface area contributed by atoms with E-state index in [9.17, 15) is 4.79 Å². The Morgan fingerprint density at radius 3 is 2.54 bits per heavy atom. The van der Waals surface area contributed by atoms with Crippen molar-refractivity contribution in [3.05, 3.63) is 77.4 Å². The molecule has 0 aliphatic rings. The minimum atomic E-state index is -0.125. The number of nitrogens with zero attached hydrogens (tertiary/aromatic N) is 1. The summed E-state index contributed by atoms with van der Waals surface area (Å²) in [6.45, 7) is 4.95. The Bertz CT molecular complexity index is 1140. The molecule has 0 aliphatic heterocycles. The summed E-state index contributed by atoms with van der Waals surface area (Å²) >= 11 is 1.78. The van der Waals surface area contributed by atoms with Crippen LogP contribution in [0, 0.1) is 13.0 Å². The van der Waals surface area contributed by atoms with Crippen molar-refractivity contribution in [3.63, 3.8) is 0 Å². The number of rotatable bonds is 2. The number of thiophene rings is 1. The average Bonchev–Trinajstić information content (AvgIpc) is 3.10. The fourth-order valence-corrected chi connectivity index (χ4v) is 3.80. The van der Waals surface area contributed by atoms with Gasteiger partial charge in [-0.15, -0.1) is 46.7 Å². The van der Waals surface area contributed by atoms with Gasteiger partial charge in [-0.1, -0.05) is 31.2 Å². The van der Waals surface area contributed by atoms with E-state index < -0.39 is 0 Å². The van der Waals surface area contributed by atoms with Gasteiger partial charge in [-0.25, -0.2) is 0 Å². The van der Waals surface area contributed by atoms with E-state index >= 15 is 0 Å². The first kappa shape index (κ1) is 22.0. The van der Waals surface area contributed by atoms with Gasteiger partial charge in [-0.3, -0.25) is 9.78 Å². The number of hydrogen-bond donors (Lipinski definition) is 1. The molecule has 1 N–H and O–H groups in total. The van der Waals surface area contributed by atoms with Crippen LogP contribution in [0.15, 0.2) is 65.7 Å². The zero-order valence-electron chi connectivity index (χ0n) is 15.8. The van der Waals surface area contributed by atoms with E-state index in [-0.39, 0.29) is 31.6 Å². The zero-order valence-corrected chi connectivity index (χ0v) is 19.0. The summed E-state index contributed by atoms with van der Waals surface area (Å²) in [6, 6.07) is 20.0. The maximum atomic E-state index is 10.0. The number of aryl methyl sites for hydroxylation is 1. The topological polar surface area (TPSA) is 50.2 Å². The second kappa shape index (κ2) is 9.74. The van der Waals surface area contributed by atoms with E-state index in [1.54, 1.807) is 11.3 Å². The van der Waals surface area contributed by atoms with Gasteiger partial charge in [0, 0.05) is 36.3 Å². The Kier molecular flexibility index (Phi) is 7.64. The molecule has 0 saturated carbocycles. The Hall–Kier alpha value is -2.33. The summed E-state index contributed by atoms with van der Waals surface area (Å²) < 4.78 is 1.31. The second-order valence-electron chi connectivity index (χ2n) is 6.32. The van der Waals surface area contributed by atoms with E-state index in [1.807, 2.05) is 12.1 Å². The molecule has 5 heteroatoms. The molecule has 0 atom stereocenters. The van der Waals surface area contributed by atoms with Crippen molar-refractivity contribution in [2.75, 3.05) is 0 Å². The summed E-state index contributed by atoms with van der Waals surface area (Å²) in [5.41, 5.74) is 4.38.